The van der Waals surface area contributed by atoms with Gasteiger partial charge < -0.3 is 9.84 Å². The number of hydrogen-bond acceptors (Lipinski definition) is 3. The Bertz CT molecular complexity index is 80.4. The van der Waals surface area contributed by atoms with Gasteiger partial charge in [-0.2, -0.15) is 0 Å². The summed E-state index contributed by atoms with van der Waals surface area (Å²) in [6.45, 7) is 2.23. The lowest BCUT2D eigenvalue weighted by molar-refractivity contribution is -0.121. The van der Waals surface area contributed by atoms with Crippen molar-refractivity contribution in [2.45, 2.75) is 13.3 Å². The Hall–Kier alpha value is -0.410. The normalized spacial score (nSPS) is 9.56. The van der Waals surface area contributed by atoms with Crippen LogP contribution in [-0.4, -0.2) is 30.7 Å². The first-order valence-corrected chi connectivity index (χ1v) is 2.95. The fourth-order valence-corrected chi connectivity index (χ4v) is 0.383. The molecule has 0 aliphatic heterocycles. The summed E-state index contributed by atoms with van der Waals surface area (Å²) < 4.78 is 4.83. The second-order valence-corrected chi connectivity index (χ2v) is 1.83. The third-order valence-electron chi connectivity index (χ3n) is 0.752. The maximum Gasteiger partial charge on any atom is 0.155 e. The Balaban J connectivity index is 2.83. The summed E-state index contributed by atoms with van der Waals surface area (Å²) in [6, 6.07) is 0. The van der Waals surface area contributed by atoms with Crippen molar-refractivity contribution in [3.05, 3.63) is 0 Å². The molecule has 0 aromatic rings. The minimum absolute atomic E-state index is 0.0212. The number of ketones is 1. The van der Waals surface area contributed by atoms with Crippen LogP contribution in [0.2, 0.25) is 0 Å². The van der Waals surface area contributed by atoms with Gasteiger partial charge in [0.1, 0.15) is 6.61 Å². The molecule has 0 atom stereocenters. The molecule has 0 aromatic heterocycles. The van der Waals surface area contributed by atoms with Crippen LogP contribution in [0.25, 0.3) is 0 Å². The molecule has 0 amide bonds. The first kappa shape index (κ1) is 8.59. The molecule has 0 aliphatic carbocycles. The third-order valence-corrected chi connectivity index (χ3v) is 0.752. The summed E-state index contributed by atoms with van der Waals surface area (Å²) in [6.07, 6.45) is 0.604. The van der Waals surface area contributed by atoms with E-state index in [1.807, 2.05) is 0 Å². The highest BCUT2D eigenvalue weighted by Crippen LogP contribution is 1.80. The van der Waals surface area contributed by atoms with E-state index in [2.05, 4.69) is 0 Å². The molecule has 0 rings (SSSR count). The highest BCUT2D eigenvalue weighted by molar-refractivity contribution is 5.76. The molecule has 3 nitrogen and oxygen atoms in total. The van der Waals surface area contributed by atoms with Gasteiger partial charge in [0.2, 0.25) is 0 Å². The number of aliphatic hydroxyl groups excluding tert-OH is 1. The predicted molar refractivity (Wildman–Crippen MR) is 33.2 cm³/mol. The molecule has 0 saturated carbocycles. The van der Waals surface area contributed by atoms with Gasteiger partial charge in [0.25, 0.3) is 0 Å². The van der Waals surface area contributed by atoms with E-state index in [9.17, 15) is 4.79 Å². The van der Waals surface area contributed by atoms with Crippen LogP contribution in [0.4, 0.5) is 0 Å². The SMILES string of the molecule is CC(=O)COCCCO. The molecule has 0 unspecified atom stereocenters. The second-order valence-electron chi connectivity index (χ2n) is 1.83. The zero-order valence-corrected chi connectivity index (χ0v) is 5.59. The molecule has 1 N–H and O–H groups in total. The van der Waals surface area contributed by atoms with Gasteiger partial charge in [-0.25, -0.2) is 0 Å². The Labute approximate surface area is 54.6 Å². The van der Waals surface area contributed by atoms with Gasteiger partial charge in [0.05, 0.1) is 0 Å². The van der Waals surface area contributed by atoms with Gasteiger partial charge in [0.15, 0.2) is 5.78 Å². The standard InChI is InChI=1S/C6H12O3/c1-6(8)5-9-4-2-3-7/h7H,2-5H2,1H3. The van der Waals surface area contributed by atoms with Crippen molar-refractivity contribution in [1.82, 2.24) is 0 Å². The topological polar surface area (TPSA) is 46.5 Å². The quantitative estimate of drug-likeness (QED) is 0.534. The Kier molecular flexibility index (Phi) is 5.46. The lowest BCUT2D eigenvalue weighted by atomic mass is 10.5. The molecule has 0 bridgehead atoms. The molecule has 0 heterocycles. The number of carbonyl (C=O) groups is 1. The van der Waals surface area contributed by atoms with Crippen LogP contribution < -0.4 is 0 Å². The number of Topliss-reactive ketones (excluding diaryl/α,β-unsaturated/α-hetero) is 1. The Morgan fingerprint density at radius 1 is 1.67 bits per heavy atom. The lowest BCUT2D eigenvalue weighted by Crippen LogP contribution is -2.05. The lowest BCUT2D eigenvalue weighted by Gasteiger charge is -1.97. The van der Waals surface area contributed by atoms with E-state index in [1.54, 1.807) is 0 Å². The van der Waals surface area contributed by atoms with Crippen LogP contribution in [-0.2, 0) is 9.53 Å². The molecular weight excluding hydrogens is 120 g/mol. The molecule has 0 radical (unpaired) electrons. The van der Waals surface area contributed by atoms with Gasteiger partial charge in [-0.05, 0) is 13.3 Å². The van der Waals surface area contributed by atoms with E-state index in [-0.39, 0.29) is 19.0 Å². The molecule has 0 fully saturated rings. The fraction of sp³-hybridized carbons (Fsp3) is 0.833. The molecule has 0 spiro atoms. The molecular formula is C6H12O3. The van der Waals surface area contributed by atoms with Crippen LogP contribution in [0.1, 0.15) is 13.3 Å². The third kappa shape index (κ3) is 7.59. The summed E-state index contributed by atoms with van der Waals surface area (Å²) in [5.74, 6) is 0.0212. The van der Waals surface area contributed by atoms with Crippen LogP contribution in [0, 0.1) is 0 Å². The van der Waals surface area contributed by atoms with E-state index < -0.39 is 0 Å². The molecule has 0 aliphatic rings. The van der Waals surface area contributed by atoms with Gasteiger partial charge in [-0.3, -0.25) is 4.79 Å². The van der Waals surface area contributed by atoms with Crippen molar-refractivity contribution >= 4 is 5.78 Å². The number of aliphatic hydroxyl groups is 1. The van der Waals surface area contributed by atoms with Gasteiger partial charge in [-0.1, -0.05) is 0 Å². The van der Waals surface area contributed by atoms with E-state index >= 15 is 0 Å². The number of ether oxygens (including phenoxy) is 1. The zero-order chi connectivity index (χ0) is 7.11. The Morgan fingerprint density at radius 2 is 2.33 bits per heavy atom. The average Bonchev–Trinajstić information content (AvgIpc) is 1.80. The number of carbonyl (C=O) groups excluding carboxylic acids is 1. The molecule has 9 heavy (non-hydrogen) atoms. The van der Waals surface area contributed by atoms with Crippen molar-refractivity contribution in [3.63, 3.8) is 0 Å². The first-order chi connectivity index (χ1) is 4.27. The van der Waals surface area contributed by atoms with E-state index in [4.69, 9.17) is 9.84 Å². The first-order valence-electron chi connectivity index (χ1n) is 2.95. The van der Waals surface area contributed by atoms with Gasteiger partial charge in [0, 0.05) is 13.2 Å². The highest BCUT2D eigenvalue weighted by Gasteiger charge is 1.90. The zero-order valence-electron chi connectivity index (χ0n) is 5.59. The molecule has 0 aromatic carbocycles. The summed E-state index contributed by atoms with van der Waals surface area (Å²) >= 11 is 0. The minimum Gasteiger partial charge on any atom is -0.396 e. The summed E-state index contributed by atoms with van der Waals surface area (Å²) in [5, 5.41) is 8.27. The fourth-order valence-electron chi connectivity index (χ4n) is 0.383. The maximum absolute atomic E-state index is 10.2. The van der Waals surface area contributed by atoms with Gasteiger partial charge >= 0.3 is 0 Å². The maximum atomic E-state index is 10.2. The van der Waals surface area contributed by atoms with Crippen molar-refractivity contribution < 1.29 is 14.6 Å². The van der Waals surface area contributed by atoms with Crippen LogP contribution in [0.15, 0.2) is 0 Å². The van der Waals surface area contributed by atoms with Gasteiger partial charge in [-0.15, -0.1) is 0 Å². The van der Waals surface area contributed by atoms with Crippen LogP contribution in [0.3, 0.4) is 0 Å². The van der Waals surface area contributed by atoms with E-state index in [1.165, 1.54) is 6.92 Å². The average molecular weight is 132 g/mol. The smallest absolute Gasteiger partial charge is 0.155 e. The van der Waals surface area contributed by atoms with E-state index in [0.717, 1.165) is 0 Å². The minimum atomic E-state index is 0.0212. The largest absolute Gasteiger partial charge is 0.396 e. The molecule has 0 saturated heterocycles. The summed E-state index contributed by atoms with van der Waals surface area (Å²) in [4.78, 5) is 10.2. The Morgan fingerprint density at radius 3 is 2.78 bits per heavy atom. The predicted octanol–water partition coefficient (Wildman–Crippen LogP) is -0.0256. The van der Waals surface area contributed by atoms with Crippen molar-refractivity contribution in [1.29, 1.82) is 0 Å². The summed E-state index contributed by atoms with van der Waals surface area (Å²) in [7, 11) is 0. The molecule has 54 valence electrons. The van der Waals surface area contributed by atoms with Crippen molar-refractivity contribution in [2.75, 3.05) is 19.8 Å². The molecule has 3 heteroatoms. The van der Waals surface area contributed by atoms with E-state index in [0.29, 0.717) is 13.0 Å². The second kappa shape index (κ2) is 5.72. The van der Waals surface area contributed by atoms with Crippen molar-refractivity contribution in [3.8, 4) is 0 Å². The van der Waals surface area contributed by atoms with Crippen molar-refractivity contribution in [2.24, 2.45) is 0 Å². The van der Waals surface area contributed by atoms with Crippen LogP contribution in [0.5, 0.6) is 0 Å². The number of hydrogen-bond donors (Lipinski definition) is 1. The number of rotatable bonds is 5. The van der Waals surface area contributed by atoms with Crippen LogP contribution >= 0.6 is 0 Å². The highest BCUT2D eigenvalue weighted by atomic mass is 16.5. The monoisotopic (exact) mass is 132 g/mol. The summed E-state index contributed by atoms with van der Waals surface area (Å²) in [5.41, 5.74) is 0.